The minimum Gasteiger partial charge on any atom is -0.379 e. The molecule has 7 nitrogen and oxygen atoms in total. The van der Waals surface area contributed by atoms with Crippen molar-refractivity contribution in [2.45, 2.75) is 6.42 Å². The number of amides is 2. The van der Waals surface area contributed by atoms with Crippen LogP contribution in [0.5, 0.6) is 0 Å². The van der Waals surface area contributed by atoms with Crippen molar-refractivity contribution in [2.75, 3.05) is 39.9 Å². The number of carbonyl (C=O) groups excluding carboxylic acids is 2. The summed E-state index contributed by atoms with van der Waals surface area (Å²) >= 11 is 0. The molecule has 0 saturated carbocycles. The molecule has 2 amide bonds. The summed E-state index contributed by atoms with van der Waals surface area (Å²) in [6.45, 7) is 2.34. The summed E-state index contributed by atoms with van der Waals surface area (Å²) in [6, 6.07) is 3.59. The Kier molecular flexibility index (Phi) is 5.85. The molecule has 7 heteroatoms. The first-order valence-electron chi connectivity index (χ1n) is 7.36. The molecular weight excluding hydrogens is 284 g/mol. The van der Waals surface area contributed by atoms with Gasteiger partial charge in [-0.2, -0.15) is 0 Å². The van der Waals surface area contributed by atoms with Crippen molar-refractivity contribution in [1.29, 1.82) is 0 Å². The van der Waals surface area contributed by atoms with E-state index in [-0.39, 0.29) is 24.3 Å². The number of carbonyl (C=O) groups is 2. The standard InChI is InChI=1S/C15H22N4O3/c1-17-15(21)12-2-3-13(18-8-12)6-11-9-19(14(20)7-16)4-5-22-10-11/h2-3,8,11H,4-7,9-10,16H2,1H3,(H,17,21). The Morgan fingerprint density at radius 1 is 1.50 bits per heavy atom. The predicted molar refractivity (Wildman–Crippen MR) is 81.3 cm³/mol. The van der Waals surface area contributed by atoms with E-state index < -0.39 is 0 Å². The molecule has 0 aromatic carbocycles. The SMILES string of the molecule is CNC(=O)c1ccc(CC2COCCN(C(=O)CN)C2)nc1. The van der Waals surface area contributed by atoms with E-state index >= 15 is 0 Å². The van der Waals surface area contributed by atoms with Crippen molar-refractivity contribution in [2.24, 2.45) is 11.7 Å². The number of hydrogen-bond acceptors (Lipinski definition) is 5. The molecule has 1 unspecified atom stereocenters. The van der Waals surface area contributed by atoms with E-state index in [9.17, 15) is 9.59 Å². The van der Waals surface area contributed by atoms with E-state index in [0.29, 0.717) is 38.3 Å². The topological polar surface area (TPSA) is 97.5 Å². The molecule has 0 spiro atoms. The van der Waals surface area contributed by atoms with Crippen molar-refractivity contribution >= 4 is 11.8 Å². The van der Waals surface area contributed by atoms with Gasteiger partial charge in [0.25, 0.3) is 5.91 Å². The summed E-state index contributed by atoms with van der Waals surface area (Å²) in [5.74, 6) is -0.0358. The lowest BCUT2D eigenvalue weighted by Crippen LogP contribution is -2.40. The number of hydrogen-bond donors (Lipinski definition) is 2. The molecule has 0 bridgehead atoms. The molecule has 3 N–H and O–H groups in total. The smallest absolute Gasteiger partial charge is 0.252 e. The maximum atomic E-state index is 11.8. The van der Waals surface area contributed by atoms with Gasteiger partial charge in [-0.15, -0.1) is 0 Å². The van der Waals surface area contributed by atoms with E-state index in [1.807, 2.05) is 6.07 Å². The first-order chi connectivity index (χ1) is 10.6. The summed E-state index contributed by atoms with van der Waals surface area (Å²) in [6.07, 6.45) is 2.26. The molecule has 1 aromatic rings. The normalized spacial score (nSPS) is 18.6. The van der Waals surface area contributed by atoms with Crippen LogP contribution in [0, 0.1) is 5.92 Å². The van der Waals surface area contributed by atoms with Crippen LogP contribution >= 0.6 is 0 Å². The minimum absolute atomic E-state index is 0.0196. The van der Waals surface area contributed by atoms with Crippen LogP contribution in [0.1, 0.15) is 16.1 Å². The Balaban J connectivity index is 1.99. The maximum Gasteiger partial charge on any atom is 0.252 e. The van der Waals surface area contributed by atoms with Gasteiger partial charge in [0.2, 0.25) is 5.91 Å². The number of aromatic nitrogens is 1. The van der Waals surface area contributed by atoms with E-state index in [4.69, 9.17) is 10.5 Å². The zero-order valence-electron chi connectivity index (χ0n) is 12.7. The summed E-state index contributed by atoms with van der Waals surface area (Å²) in [4.78, 5) is 29.3. The summed E-state index contributed by atoms with van der Waals surface area (Å²) in [5.41, 5.74) is 6.84. The van der Waals surface area contributed by atoms with Crippen LogP contribution in [-0.2, 0) is 16.0 Å². The fourth-order valence-corrected chi connectivity index (χ4v) is 2.48. The third kappa shape index (κ3) is 4.25. The van der Waals surface area contributed by atoms with E-state index in [2.05, 4.69) is 10.3 Å². The Hall–Kier alpha value is -1.99. The first-order valence-corrected chi connectivity index (χ1v) is 7.36. The van der Waals surface area contributed by atoms with Crippen LogP contribution < -0.4 is 11.1 Å². The van der Waals surface area contributed by atoms with Crippen LogP contribution in [0.3, 0.4) is 0 Å². The quantitative estimate of drug-likeness (QED) is 0.775. The molecule has 1 aromatic heterocycles. The second-order valence-electron chi connectivity index (χ2n) is 5.31. The highest BCUT2D eigenvalue weighted by Gasteiger charge is 2.22. The van der Waals surface area contributed by atoms with Gasteiger partial charge in [-0.3, -0.25) is 14.6 Å². The third-order valence-electron chi connectivity index (χ3n) is 3.68. The first kappa shape index (κ1) is 16.4. The Labute approximate surface area is 129 Å². The minimum atomic E-state index is -0.156. The summed E-state index contributed by atoms with van der Waals surface area (Å²) in [7, 11) is 1.59. The second-order valence-corrected chi connectivity index (χ2v) is 5.31. The number of pyridine rings is 1. The molecule has 2 heterocycles. The fraction of sp³-hybridized carbons (Fsp3) is 0.533. The summed E-state index contributed by atoms with van der Waals surface area (Å²) < 4.78 is 5.56. The Morgan fingerprint density at radius 3 is 2.95 bits per heavy atom. The number of rotatable bonds is 4. The molecule has 1 atom stereocenters. The van der Waals surface area contributed by atoms with Crippen LogP contribution in [0.15, 0.2) is 18.3 Å². The van der Waals surface area contributed by atoms with Crippen molar-refractivity contribution in [3.05, 3.63) is 29.6 Å². The second kappa shape index (κ2) is 7.86. The summed E-state index contributed by atoms with van der Waals surface area (Å²) in [5, 5.41) is 2.56. The third-order valence-corrected chi connectivity index (χ3v) is 3.68. The molecule has 0 radical (unpaired) electrons. The number of ether oxygens (including phenoxy) is 1. The lowest BCUT2D eigenvalue weighted by atomic mass is 10.0. The van der Waals surface area contributed by atoms with Gasteiger partial charge in [0.05, 0.1) is 25.3 Å². The van der Waals surface area contributed by atoms with Crippen molar-refractivity contribution < 1.29 is 14.3 Å². The monoisotopic (exact) mass is 306 g/mol. The molecule has 1 fully saturated rings. The molecule has 2 rings (SSSR count). The van der Waals surface area contributed by atoms with Crippen LogP contribution in [-0.4, -0.2) is 61.6 Å². The zero-order valence-corrected chi connectivity index (χ0v) is 12.7. The van der Waals surface area contributed by atoms with Crippen LogP contribution in [0.25, 0.3) is 0 Å². The molecule has 1 saturated heterocycles. The highest BCUT2D eigenvalue weighted by molar-refractivity contribution is 5.93. The lowest BCUT2D eigenvalue weighted by molar-refractivity contribution is -0.130. The van der Waals surface area contributed by atoms with Gasteiger partial charge in [-0.1, -0.05) is 0 Å². The number of nitrogens with one attached hydrogen (secondary N) is 1. The lowest BCUT2D eigenvalue weighted by Gasteiger charge is -2.22. The fourth-order valence-electron chi connectivity index (χ4n) is 2.48. The zero-order chi connectivity index (χ0) is 15.9. The van der Waals surface area contributed by atoms with Gasteiger partial charge >= 0.3 is 0 Å². The van der Waals surface area contributed by atoms with Gasteiger partial charge in [0, 0.05) is 37.9 Å². The van der Waals surface area contributed by atoms with Gasteiger partial charge in [0.1, 0.15) is 0 Å². The largest absolute Gasteiger partial charge is 0.379 e. The number of nitrogens with two attached hydrogens (primary N) is 1. The molecule has 1 aliphatic heterocycles. The van der Waals surface area contributed by atoms with E-state index in [1.54, 1.807) is 24.2 Å². The molecule has 22 heavy (non-hydrogen) atoms. The molecule has 120 valence electrons. The highest BCUT2D eigenvalue weighted by Crippen LogP contribution is 2.13. The van der Waals surface area contributed by atoms with Crippen LogP contribution in [0.2, 0.25) is 0 Å². The molecule has 1 aliphatic rings. The Bertz CT molecular complexity index is 518. The predicted octanol–water partition coefficient (Wildman–Crippen LogP) is -0.583. The van der Waals surface area contributed by atoms with Crippen molar-refractivity contribution in [3.63, 3.8) is 0 Å². The average Bonchev–Trinajstić information content (AvgIpc) is 2.79. The maximum absolute atomic E-state index is 11.8. The van der Waals surface area contributed by atoms with Gasteiger partial charge in [0.15, 0.2) is 0 Å². The average molecular weight is 306 g/mol. The molecule has 0 aliphatic carbocycles. The number of nitrogens with zero attached hydrogens (tertiary/aromatic N) is 2. The highest BCUT2D eigenvalue weighted by atomic mass is 16.5. The van der Waals surface area contributed by atoms with Crippen LogP contribution in [0.4, 0.5) is 0 Å². The molecular formula is C15H22N4O3. The Morgan fingerprint density at radius 2 is 2.32 bits per heavy atom. The van der Waals surface area contributed by atoms with Crippen molar-refractivity contribution in [3.8, 4) is 0 Å². The van der Waals surface area contributed by atoms with Gasteiger partial charge < -0.3 is 20.7 Å². The van der Waals surface area contributed by atoms with Gasteiger partial charge in [-0.25, -0.2) is 0 Å². The van der Waals surface area contributed by atoms with E-state index in [1.165, 1.54) is 0 Å². The van der Waals surface area contributed by atoms with E-state index in [0.717, 1.165) is 5.69 Å². The van der Waals surface area contributed by atoms with Crippen molar-refractivity contribution in [1.82, 2.24) is 15.2 Å². The van der Waals surface area contributed by atoms with Gasteiger partial charge in [-0.05, 0) is 18.6 Å².